The maximum Gasteiger partial charge on any atom is 0.122 e. The molecule has 0 aliphatic heterocycles. The van der Waals surface area contributed by atoms with E-state index in [9.17, 15) is 0 Å². The molecule has 98 valence electrons. The molecule has 0 N–H and O–H groups in total. The number of hydrogen-bond donors (Lipinski definition) is 0. The molecule has 3 heteroatoms. The molecule has 0 bridgehead atoms. The Morgan fingerprint density at radius 2 is 2.00 bits per heavy atom. The summed E-state index contributed by atoms with van der Waals surface area (Å²) < 4.78 is 7.43. The van der Waals surface area contributed by atoms with Crippen LogP contribution in [0, 0.1) is 0 Å². The van der Waals surface area contributed by atoms with Crippen molar-refractivity contribution in [2.24, 2.45) is 0 Å². The van der Waals surface area contributed by atoms with Gasteiger partial charge >= 0.3 is 0 Å². The molecule has 0 unspecified atom stereocenters. The van der Waals surface area contributed by atoms with Crippen LogP contribution >= 0.6 is 0 Å². The molecule has 0 amide bonds. The van der Waals surface area contributed by atoms with Crippen molar-refractivity contribution < 1.29 is 4.74 Å². The first kappa shape index (κ1) is 13.0. The summed E-state index contributed by atoms with van der Waals surface area (Å²) in [6.45, 7) is 5.52. The number of fused-ring (bicyclic) bond motifs is 1. The zero-order chi connectivity index (χ0) is 13.1. The van der Waals surface area contributed by atoms with E-state index in [0.29, 0.717) is 6.04 Å². The van der Waals surface area contributed by atoms with Crippen molar-refractivity contribution in [3.05, 3.63) is 36.2 Å². The Labute approximate surface area is 109 Å². The van der Waals surface area contributed by atoms with Crippen molar-refractivity contribution in [2.75, 3.05) is 20.7 Å². The lowest BCUT2D eigenvalue weighted by molar-refractivity contribution is 0.278. The summed E-state index contributed by atoms with van der Waals surface area (Å²) in [6, 6.07) is 6.87. The number of likely N-dealkylation sites (N-methyl/N-ethyl adjacent to an activating group) is 1. The molecule has 0 spiro atoms. The monoisotopic (exact) mass is 246 g/mol. The molecule has 0 fully saturated rings. The van der Waals surface area contributed by atoms with Crippen molar-refractivity contribution in [1.82, 2.24) is 9.30 Å². The van der Waals surface area contributed by atoms with Crippen LogP contribution in [0.1, 0.15) is 19.4 Å². The lowest BCUT2D eigenvalue weighted by Gasteiger charge is -2.20. The molecule has 18 heavy (non-hydrogen) atoms. The number of hydrogen-bond acceptors (Lipinski definition) is 2. The number of aromatic nitrogens is 1. The second-order valence-electron chi connectivity index (χ2n) is 5.02. The van der Waals surface area contributed by atoms with Crippen LogP contribution in [0.5, 0.6) is 5.75 Å². The van der Waals surface area contributed by atoms with Gasteiger partial charge in [-0.1, -0.05) is 0 Å². The topological polar surface area (TPSA) is 16.9 Å². The van der Waals surface area contributed by atoms with Gasteiger partial charge in [-0.05, 0) is 45.0 Å². The van der Waals surface area contributed by atoms with Crippen molar-refractivity contribution in [3.8, 4) is 5.75 Å². The van der Waals surface area contributed by atoms with Crippen molar-refractivity contribution in [3.63, 3.8) is 0 Å². The van der Waals surface area contributed by atoms with Crippen LogP contribution < -0.4 is 4.74 Å². The first-order chi connectivity index (χ1) is 8.61. The van der Waals surface area contributed by atoms with Gasteiger partial charge in [0.05, 0.1) is 12.6 Å². The molecule has 0 saturated heterocycles. The summed E-state index contributed by atoms with van der Waals surface area (Å²) in [5, 5.41) is 0. The number of nitrogens with zero attached hydrogens (tertiary/aromatic N) is 2. The zero-order valence-electron chi connectivity index (χ0n) is 11.7. The molecule has 0 aromatic carbocycles. The predicted octanol–water partition coefficient (Wildman–Crippen LogP) is 2.83. The second-order valence-corrected chi connectivity index (χ2v) is 5.02. The Balaban J connectivity index is 2.18. The summed E-state index contributed by atoms with van der Waals surface area (Å²) in [7, 11) is 3.88. The van der Waals surface area contributed by atoms with E-state index in [2.05, 4.69) is 48.5 Å². The molecule has 2 aromatic heterocycles. The van der Waals surface area contributed by atoms with E-state index in [1.165, 1.54) is 11.1 Å². The number of methoxy groups -OCH3 is 1. The van der Waals surface area contributed by atoms with E-state index in [1.807, 2.05) is 12.3 Å². The van der Waals surface area contributed by atoms with Gasteiger partial charge < -0.3 is 14.0 Å². The van der Waals surface area contributed by atoms with Gasteiger partial charge in [0.15, 0.2) is 0 Å². The summed E-state index contributed by atoms with van der Waals surface area (Å²) in [4.78, 5) is 2.36. The van der Waals surface area contributed by atoms with Gasteiger partial charge in [-0.2, -0.15) is 0 Å². The SMILES string of the molecule is COc1ccn2ccc(CCN(C)C(C)C)c2c1. The fourth-order valence-corrected chi connectivity index (χ4v) is 2.03. The van der Waals surface area contributed by atoms with Crippen LogP contribution in [-0.2, 0) is 6.42 Å². The van der Waals surface area contributed by atoms with Gasteiger partial charge in [0.1, 0.15) is 5.75 Å². The molecule has 0 aliphatic rings. The Bertz CT molecular complexity index is 516. The number of ether oxygens (including phenoxy) is 1. The maximum absolute atomic E-state index is 5.29. The molecular formula is C15H22N2O. The highest BCUT2D eigenvalue weighted by atomic mass is 16.5. The summed E-state index contributed by atoms with van der Waals surface area (Å²) in [5.74, 6) is 0.916. The summed E-state index contributed by atoms with van der Waals surface area (Å²) in [5.41, 5.74) is 2.62. The Kier molecular flexibility index (Phi) is 3.92. The van der Waals surface area contributed by atoms with Gasteiger partial charge in [0.25, 0.3) is 0 Å². The molecule has 2 heterocycles. The average molecular weight is 246 g/mol. The third-order valence-corrected chi connectivity index (χ3v) is 3.57. The maximum atomic E-state index is 5.29. The smallest absolute Gasteiger partial charge is 0.122 e. The van der Waals surface area contributed by atoms with Gasteiger partial charge in [-0.15, -0.1) is 0 Å². The highest BCUT2D eigenvalue weighted by Crippen LogP contribution is 2.19. The van der Waals surface area contributed by atoms with Gasteiger partial charge in [0.2, 0.25) is 0 Å². The standard InChI is InChI=1S/C15H22N2O/c1-12(2)16(3)8-5-13-6-9-17-10-7-14(18-4)11-15(13)17/h6-7,9-12H,5,8H2,1-4H3. The first-order valence-electron chi connectivity index (χ1n) is 6.45. The first-order valence-corrected chi connectivity index (χ1v) is 6.45. The highest BCUT2D eigenvalue weighted by Gasteiger charge is 2.07. The van der Waals surface area contributed by atoms with E-state index in [4.69, 9.17) is 4.74 Å². The van der Waals surface area contributed by atoms with Crippen LogP contribution in [-0.4, -0.2) is 36.0 Å². The minimum absolute atomic E-state index is 0.591. The molecule has 0 radical (unpaired) electrons. The molecule has 0 aliphatic carbocycles. The van der Waals surface area contributed by atoms with E-state index >= 15 is 0 Å². The molecule has 2 aromatic rings. The van der Waals surface area contributed by atoms with Gasteiger partial charge in [0, 0.05) is 31.0 Å². The molecule has 3 nitrogen and oxygen atoms in total. The van der Waals surface area contributed by atoms with Crippen LogP contribution in [0.4, 0.5) is 0 Å². The summed E-state index contributed by atoms with van der Waals surface area (Å²) >= 11 is 0. The van der Waals surface area contributed by atoms with Gasteiger partial charge in [-0.3, -0.25) is 0 Å². The quantitative estimate of drug-likeness (QED) is 0.807. The van der Waals surface area contributed by atoms with E-state index in [-0.39, 0.29) is 0 Å². The fourth-order valence-electron chi connectivity index (χ4n) is 2.03. The van der Waals surface area contributed by atoms with Crippen molar-refractivity contribution in [1.29, 1.82) is 0 Å². The Morgan fingerprint density at radius 3 is 2.67 bits per heavy atom. The van der Waals surface area contributed by atoms with E-state index in [1.54, 1.807) is 7.11 Å². The Morgan fingerprint density at radius 1 is 1.28 bits per heavy atom. The number of rotatable bonds is 5. The third kappa shape index (κ3) is 2.67. The number of pyridine rings is 1. The lowest BCUT2D eigenvalue weighted by atomic mass is 10.1. The molecule has 0 saturated carbocycles. The normalized spacial score (nSPS) is 11.7. The largest absolute Gasteiger partial charge is 0.497 e. The molecular weight excluding hydrogens is 224 g/mol. The highest BCUT2D eigenvalue weighted by molar-refractivity contribution is 5.58. The molecule has 2 rings (SSSR count). The predicted molar refractivity (Wildman–Crippen MR) is 75.4 cm³/mol. The molecule has 0 atom stereocenters. The van der Waals surface area contributed by atoms with Crippen molar-refractivity contribution in [2.45, 2.75) is 26.3 Å². The fraction of sp³-hybridized carbons (Fsp3) is 0.467. The van der Waals surface area contributed by atoms with Crippen LogP contribution in [0.2, 0.25) is 0 Å². The average Bonchev–Trinajstić information content (AvgIpc) is 2.77. The van der Waals surface area contributed by atoms with Crippen LogP contribution in [0.25, 0.3) is 5.52 Å². The zero-order valence-corrected chi connectivity index (χ0v) is 11.7. The third-order valence-electron chi connectivity index (χ3n) is 3.57. The van der Waals surface area contributed by atoms with E-state index in [0.717, 1.165) is 18.7 Å². The minimum atomic E-state index is 0.591. The minimum Gasteiger partial charge on any atom is -0.497 e. The Hall–Kier alpha value is -1.48. The van der Waals surface area contributed by atoms with Gasteiger partial charge in [-0.25, -0.2) is 0 Å². The van der Waals surface area contributed by atoms with Crippen LogP contribution in [0.15, 0.2) is 30.6 Å². The van der Waals surface area contributed by atoms with Crippen molar-refractivity contribution >= 4 is 5.52 Å². The lowest BCUT2D eigenvalue weighted by Crippen LogP contribution is -2.28. The summed E-state index contributed by atoms with van der Waals surface area (Å²) in [6.07, 6.45) is 5.22. The second kappa shape index (κ2) is 5.44. The van der Waals surface area contributed by atoms with E-state index < -0.39 is 0 Å². The van der Waals surface area contributed by atoms with Crippen LogP contribution in [0.3, 0.4) is 0 Å².